The Labute approximate surface area is 119 Å². The molecule has 2 rings (SSSR count). The summed E-state index contributed by atoms with van der Waals surface area (Å²) >= 11 is 1.40. The van der Waals surface area contributed by atoms with E-state index in [2.05, 4.69) is 20.8 Å². The molecule has 1 atom stereocenters. The molecule has 9 heteroatoms. The van der Waals surface area contributed by atoms with E-state index < -0.39 is 6.10 Å². The standard InChI is InChI=1S/C11H15N5O3S/c1-16-11(13-14-15-16)20-6-4-10(18)12-7-8(17)9-3-2-5-19-9/h2-3,5,8,17H,4,6-7H2,1H3,(H,12,18). The second kappa shape index (κ2) is 7.06. The maximum atomic E-state index is 11.6. The van der Waals surface area contributed by atoms with Crippen LogP contribution >= 0.6 is 11.8 Å². The Kier molecular flexibility index (Phi) is 5.13. The first-order valence-electron chi connectivity index (χ1n) is 6.00. The first kappa shape index (κ1) is 14.5. The van der Waals surface area contributed by atoms with Gasteiger partial charge in [-0.25, -0.2) is 4.68 Å². The third-order valence-corrected chi connectivity index (χ3v) is 3.52. The highest BCUT2D eigenvalue weighted by Gasteiger charge is 2.12. The van der Waals surface area contributed by atoms with Crippen LogP contribution in [0.3, 0.4) is 0 Å². The predicted molar refractivity (Wildman–Crippen MR) is 70.8 cm³/mol. The molecule has 0 bridgehead atoms. The molecule has 0 aliphatic heterocycles. The third-order valence-electron chi connectivity index (χ3n) is 2.51. The Morgan fingerprint density at radius 2 is 2.50 bits per heavy atom. The molecule has 0 aliphatic carbocycles. The van der Waals surface area contributed by atoms with Crippen LogP contribution in [0.4, 0.5) is 0 Å². The highest BCUT2D eigenvalue weighted by Crippen LogP contribution is 2.14. The van der Waals surface area contributed by atoms with Crippen molar-refractivity contribution in [3.63, 3.8) is 0 Å². The van der Waals surface area contributed by atoms with Gasteiger partial charge in [-0.05, 0) is 22.6 Å². The van der Waals surface area contributed by atoms with Crippen molar-refractivity contribution in [1.82, 2.24) is 25.5 Å². The lowest BCUT2D eigenvalue weighted by molar-refractivity contribution is -0.121. The van der Waals surface area contributed by atoms with Crippen LogP contribution in [0.5, 0.6) is 0 Å². The first-order valence-corrected chi connectivity index (χ1v) is 6.98. The van der Waals surface area contributed by atoms with E-state index >= 15 is 0 Å². The number of nitrogens with zero attached hydrogens (tertiary/aromatic N) is 4. The van der Waals surface area contributed by atoms with Crippen molar-refractivity contribution >= 4 is 17.7 Å². The fourth-order valence-electron chi connectivity index (χ4n) is 1.46. The van der Waals surface area contributed by atoms with Gasteiger partial charge in [0.25, 0.3) is 0 Å². The molecule has 0 aliphatic rings. The quantitative estimate of drug-likeness (QED) is 0.700. The number of furan rings is 1. The normalized spacial score (nSPS) is 12.3. The van der Waals surface area contributed by atoms with Crippen LogP contribution in [0.15, 0.2) is 28.0 Å². The summed E-state index contributed by atoms with van der Waals surface area (Å²) < 4.78 is 6.59. The molecule has 2 aromatic heterocycles. The van der Waals surface area contributed by atoms with Gasteiger partial charge in [-0.15, -0.1) is 5.10 Å². The van der Waals surface area contributed by atoms with Crippen LogP contribution < -0.4 is 5.32 Å². The van der Waals surface area contributed by atoms with E-state index in [4.69, 9.17) is 4.42 Å². The molecule has 1 unspecified atom stereocenters. The number of aryl methyl sites for hydroxylation is 1. The van der Waals surface area contributed by atoms with Crippen molar-refractivity contribution in [1.29, 1.82) is 0 Å². The minimum atomic E-state index is -0.829. The molecule has 1 amide bonds. The van der Waals surface area contributed by atoms with Crippen molar-refractivity contribution in [2.45, 2.75) is 17.7 Å². The van der Waals surface area contributed by atoms with Gasteiger partial charge in [0.05, 0.1) is 12.8 Å². The molecule has 20 heavy (non-hydrogen) atoms. The fourth-order valence-corrected chi connectivity index (χ4v) is 2.25. The maximum Gasteiger partial charge on any atom is 0.220 e. The van der Waals surface area contributed by atoms with Gasteiger partial charge in [-0.1, -0.05) is 11.8 Å². The van der Waals surface area contributed by atoms with Crippen molar-refractivity contribution in [3.8, 4) is 0 Å². The van der Waals surface area contributed by atoms with E-state index in [1.54, 1.807) is 23.9 Å². The van der Waals surface area contributed by atoms with Gasteiger partial charge in [0.1, 0.15) is 11.9 Å². The Bertz CT molecular complexity index is 542. The van der Waals surface area contributed by atoms with Gasteiger partial charge in [0.15, 0.2) is 0 Å². The minimum Gasteiger partial charge on any atom is -0.467 e. The lowest BCUT2D eigenvalue weighted by Gasteiger charge is -2.09. The van der Waals surface area contributed by atoms with Crippen LogP contribution in [0.1, 0.15) is 18.3 Å². The monoisotopic (exact) mass is 297 g/mol. The molecule has 0 fully saturated rings. The van der Waals surface area contributed by atoms with Crippen LogP contribution in [0, 0.1) is 0 Å². The Morgan fingerprint density at radius 3 is 3.15 bits per heavy atom. The number of thioether (sulfide) groups is 1. The number of tetrazole rings is 1. The number of nitrogens with one attached hydrogen (secondary N) is 1. The summed E-state index contributed by atoms with van der Waals surface area (Å²) in [5.74, 6) is 0.861. The van der Waals surface area contributed by atoms with Gasteiger partial charge in [0, 0.05) is 19.2 Å². The minimum absolute atomic E-state index is 0.128. The zero-order chi connectivity index (χ0) is 14.4. The third kappa shape index (κ3) is 4.07. The summed E-state index contributed by atoms with van der Waals surface area (Å²) in [4.78, 5) is 11.6. The van der Waals surface area contributed by atoms with Crippen molar-refractivity contribution in [3.05, 3.63) is 24.2 Å². The van der Waals surface area contributed by atoms with Crippen LogP contribution in [0.25, 0.3) is 0 Å². The van der Waals surface area contributed by atoms with Crippen molar-refractivity contribution in [2.24, 2.45) is 7.05 Å². The number of aliphatic hydroxyl groups excluding tert-OH is 1. The molecule has 2 aromatic rings. The molecular formula is C11H15N5O3S. The van der Waals surface area contributed by atoms with Crippen LogP contribution in [-0.4, -0.2) is 43.5 Å². The number of aliphatic hydroxyl groups is 1. The second-order valence-corrected chi connectivity index (χ2v) is 5.08. The SMILES string of the molecule is Cn1nnnc1SCCC(=O)NCC(O)c1ccco1. The number of hydrogen-bond donors (Lipinski definition) is 2. The predicted octanol–water partition coefficient (Wildman–Crippen LogP) is 0.135. The zero-order valence-electron chi connectivity index (χ0n) is 10.9. The molecule has 0 spiro atoms. The molecule has 108 valence electrons. The highest BCUT2D eigenvalue weighted by atomic mass is 32.2. The summed E-state index contributed by atoms with van der Waals surface area (Å²) in [5.41, 5.74) is 0. The van der Waals surface area contributed by atoms with Gasteiger partial charge in [0.2, 0.25) is 11.1 Å². The Balaban J connectivity index is 1.64. The van der Waals surface area contributed by atoms with Gasteiger partial charge in [-0.2, -0.15) is 0 Å². The lowest BCUT2D eigenvalue weighted by atomic mass is 10.2. The molecule has 0 saturated carbocycles. The summed E-state index contributed by atoms with van der Waals surface area (Å²) in [6.07, 6.45) is 0.971. The number of hydrogen-bond acceptors (Lipinski definition) is 7. The summed E-state index contributed by atoms with van der Waals surface area (Å²) in [6.45, 7) is 0.128. The molecule has 8 nitrogen and oxygen atoms in total. The summed E-state index contributed by atoms with van der Waals surface area (Å²) in [6, 6.07) is 3.35. The first-order chi connectivity index (χ1) is 9.66. The van der Waals surface area contributed by atoms with Gasteiger partial charge < -0.3 is 14.8 Å². The van der Waals surface area contributed by atoms with Gasteiger partial charge in [-0.3, -0.25) is 4.79 Å². The van der Waals surface area contributed by atoms with E-state index in [0.717, 1.165) is 0 Å². The van der Waals surface area contributed by atoms with Gasteiger partial charge >= 0.3 is 0 Å². The largest absolute Gasteiger partial charge is 0.467 e. The molecule has 0 aromatic carbocycles. The average molecular weight is 297 g/mol. The molecular weight excluding hydrogens is 282 g/mol. The Morgan fingerprint density at radius 1 is 1.65 bits per heavy atom. The topological polar surface area (TPSA) is 106 Å². The number of carbonyl (C=O) groups is 1. The number of carbonyl (C=O) groups excluding carboxylic acids is 1. The number of amides is 1. The summed E-state index contributed by atoms with van der Waals surface area (Å²) in [7, 11) is 1.74. The van der Waals surface area contributed by atoms with Crippen molar-refractivity contribution in [2.75, 3.05) is 12.3 Å². The number of aromatic nitrogens is 4. The molecule has 0 saturated heterocycles. The van der Waals surface area contributed by atoms with E-state index in [1.165, 1.54) is 18.0 Å². The smallest absolute Gasteiger partial charge is 0.220 e. The van der Waals surface area contributed by atoms with Crippen LogP contribution in [0.2, 0.25) is 0 Å². The van der Waals surface area contributed by atoms with Crippen LogP contribution in [-0.2, 0) is 11.8 Å². The average Bonchev–Trinajstić information content (AvgIpc) is 3.08. The van der Waals surface area contributed by atoms with E-state index in [1.807, 2.05) is 0 Å². The maximum absolute atomic E-state index is 11.6. The highest BCUT2D eigenvalue weighted by molar-refractivity contribution is 7.99. The van der Waals surface area contributed by atoms with E-state index in [-0.39, 0.29) is 12.5 Å². The summed E-state index contributed by atoms with van der Waals surface area (Å²) in [5, 5.41) is 24.0. The lowest BCUT2D eigenvalue weighted by Crippen LogP contribution is -2.28. The fraction of sp³-hybridized carbons (Fsp3) is 0.455. The van der Waals surface area contributed by atoms with E-state index in [9.17, 15) is 9.90 Å². The van der Waals surface area contributed by atoms with Crippen molar-refractivity contribution < 1.29 is 14.3 Å². The number of rotatable bonds is 7. The molecule has 0 radical (unpaired) electrons. The van der Waals surface area contributed by atoms with E-state index in [0.29, 0.717) is 23.1 Å². The molecule has 2 N–H and O–H groups in total. The molecule has 2 heterocycles. The Hall–Kier alpha value is -1.87. The zero-order valence-corrected chi connectivity index (χ0v) is 11.7. The second-order valence-electron chi connectivity index (χ2n) is 4.02.